The monoisotopic (exact) mass is 254 g/mol. The van der Waals surface area contributed by atoms with Gasteiger partial charge in [0.1, 0.15) is 0 Å². The van der Waals surface area contributed by atoms with Gasteiger partial charge in [-0.1, -0.05) is 0 Å². The Hall–Kier alpha value is -0.0600. The molecule has 2 fully saturated rings. The number of hydrogen-bond donors (Lipinski definition) is 1. The molecule has 1 saturated carbocycles. The van der Waals surface area contributed by atoms with Gasteiger partial charge in [-0.05, 0) is 25.0 Å². The molecule has 2 heterocycles. The van der Waals surface area contributed by atoms with E-state index < -0.39 is 0 Å². The van der Waals surface area contributed by atoms with E-state index in [1.807, 2.05) is 11.3 Å². The third-order valence-electron chi connectivity index (χ3n) is 3.27. The molecule has 1 aromatic rings. The summed E-state index contributed by atoms with van der Waals surface area (Å²) in [5, 5.41) is 7.21. The molecule has 0 radical (unpaired) electrons. The van der Waals surface area contributed by atoms with Crippen molar-refractivity contribution in [1.82, 2.24) is 10.3 Å². The van der Waals surface area contributed by atoms with Crippen LogP contribution in [-0.4, -0.2) is 29.1 Å². The molecule has 1 aromatic heterocycles. The zero-order valence-electron chi connectivity index (χ0n) is 9.45. The molecule has 4 heteroatoms. The van der Waals surface area contributed by atoms with E-state index in [4.69, 9.17) is 4.98 Å². The maximum absolute atomic E-state index is 4.71. The van der Waals surface area contributed by atoms with Gasteiger partial charge in [0.15, 0.2) is 0 Å². The molecule has 88 valence electrons. The van der Waals surface area contributed by atoms with Crippen LogP contribution in [0, 0.1) is 0 Å². The van der Waals surface area contributed by atoms with E-state index >= 15 is 0 Å². The molecule has 0 bridgehead atoms. The van der Waals surface area contributed by atoms with E-state index in [1.165, 1.54) is 41.5 Å². The standard InChI is InChI=1S/C12H18N2S2/c1-2-9(1)11-8-16-12(14-11)3-5-13-10-4-6-15-7-10/h8-10,13H,1-7H2. The van der Waals surface area contributed by atoms with Gasteiger partial charge >= 0.3 is 0 Å². The number of hydrogen-bond acceptors (Lipinski definition) is 4. The number of rotatable bonds is 5. The van der Waals surface area contributed by atoms with Crippen molar-refractivity contribution in [1.29, 1.82) is 0 Å². The summed E-state index contributed by atoms with van der Waals surface area (Å²) in [6.07, 6.45) is 5.18. The first-order valence-corrected chi connectivity index (χ1v) is 8.20. The summed E-state index contributed by atoms with van der Waals surface area (Å²) >= 11 is 3.91. The minimum atomic E-state index is 0.757. The van der Waals surface area contributed by atoms with Gasteiger partial charge < -0.3 is 5.32 Å². The summed E-state index contributed by atoms with van der Waals surface area (Å²) in [6, 6.07) is 0.757. The van der Waals surface area contributed by atoms with Gasteiger partial charge in [0, 0.05) is 36.1 Å². The number of nitrogens with one attached hydrogen (secondary N) is 1. The second-order valence-corrected chi connectivity index (χ2v) is 6.80. The molecule has 1 unspecified atom stereocenters. The fourth-order valence-electron chi connectivity index (χ4n) is 2.09. The van der Waals surface area contributed by atoms with Gasteiger partial charge in [-0.15, -0.1) is 11.3 Å². The van der Waals surface area contributed by atoms with E-state index in [9.17, 15) is 0 Å². The Bertz CT molecular complexity index is 341. The third kappa shape index (κ3) is 2.79. The van der Waals surface area contributed by atoms with Crippen LogP contribution in [0.2, 0.25) is 0 Å². The molecule has 1 N–H and O–H groups in total. The fraction of sp³-hybridized carbons (Fsp3) is 0.750. The molecule has 3 rings (SSSR count). The molecule has 0 aromatic carbocycles. The van der Waals surface area contributed by atoms with Crippen molar-refractivity contribution in [2.75, 3.05) is 18.1 Å². The average molecular weight is 254 g/mol. The van der Waals surface area contributed by atoms with Crippen LogP contribution in [0.4, 0.5) is 0 Å². The Morgan fingerprint density at radius 2 is 2.31 bits per heavy atom. The maximum atomic E-state index is 4.71. The summed E-state index contributed by atoms with van der Waals surface area (Å²) < 4.78 is 0. The van der Waals surface area contributed by atoms with Crippen molar-refractivity contribution in [2.24, 2.45) is 0 Å². The van der Waals surface area contributed by atoms with Crippen LogP contribution in [0.5, 0.6) is 0 Å². The third-order valence-corrected chi connectivity index (χ3v) is 5.36. The van der Waals surface area contributed by atoms with Crippen LogP contribution in [-0.2, 0) is 6.42 Å². The normalized spacial score (nSPS) is 25.1. The molecule has 1 atom stereocenters. The predicted molar refractivity (Wildman–Crippen MR) is 71.5 cm³/mol. The van der Waals surface area contributed by atoms with Crippen LogP contribution in [0.15, 0.2) is 5.38 Å². The van der Waals surface area contributed by atoms with E-state index in [2.05, 4.69) is 22.5 Å². The first kappa shape index (κ1) is 11.1. The quantitative estimate of drug-likeness (QED) is 0.874. The van der Waals surface area contributed by atoms with Crippen LogP contribution >= 0.6 is 23.1 Å². The van der Waals surface area contributed by atoms with E-state index in [-0.39, 0.29) is 0 Å². The number of nitrogens with zero attached hydrogens (tertiary/aromatic N) is 1. The van der Waals surface area contributed by atoms with Crippen molar-refractivity contribution in [3.8, 4) is 0 Å². The van der Waals surface area contributed by atoms with Gasteiger partial charge in [0.25, 0.3) is 0 Å². The van der Waals surface area contributed by atoms with Crippen LogP contribution in [0.25, 0.3) is 0 Å². The summed E-state index contributed by atoms with van der Waals surface area (Å²) in [7, 11) is 0. The molecule has 2 nitrogen and oxygen atoms in total. The minimum absolute atomic E-state index is 0.757. The van der Waals surface area contributed by atoms with E-state index in [1.54, 1.807) is 0 Å². The van der Waals surface area contributed by atoms with Crippen molar-refractivity contribution in [3.05, 3.63) is 16.1 Å². The van der Waals surface area contributed by atoms with Crippen molar-refractivity contribution in [2.45, 2.75) is 37.6 Å². The molecule has 2 aliphatic rings. The lowest BCUT2D eigenvalue weighted by atomic mass is 10.2. The van der Waals surface area contributed by atoms with E-state index in [0.717, 1.165) is 24.9 Å². The largest absolute Gasteiger partial charge is 0.313 e. The summed E-state index contributed by atoms with van der Waals surface area (Å²) in [5.74, 6) is 3.44. The highest BCUT2D eigenvalue weighted by atomic mass is 32.2. The van der Waals surface area contributed by atoms with Crippen LogP contribution in [0.3, 0.4) is 0 Å². The lowest BCUT2D eigenvalue weighted by Gasteiger charge is -2.09. The summed E-state index contributed by atoms with van der Waals surface area (Å²) in [5.41, 5.74) is 1.36. The maximum Gasteiger partial charge on any atom is 0.0941 e. The molecule has 0 spiro atoms. The first-order chi connectivity index (χ1) is 7.92. The SMILES string of the molecule is c1sc(CCNC2CCSC2)nc1C1CC1. The molecule has 1 saturated heterocycles. The van der Waals surface area contributed by atoms with Gasteiger partial charge in [-0.3, -0.25) is 0 Å². The highest BCUT2D eigenvalue weighted by Gasteiger charge is 2.25. The molecule has 1 aliphatic heterocycles. The lowest BCUT2D eigenvalue weighted by molar-refractivity contribution is 0.560. The molecule has 1 aliphatic carbocycles. The highest BCUT2D eigenvalue weighted by Crippen LogP contribution is 2.40. The lowest BCUT2D eigenvalue weighted by Crippen LogP contribution is -2.30. The smallest absolute Gasteiger partial charge is 0.0941 e. The molecular weight excluding hydrogens is 236 g/mol. The van der Waals surface area contributed by atoms with Gasteiger partial charge in [-0.2, -0.15) is 11.8 Å². The second kappa shape index (κ2) is 5.07. The average Bonchev–Trinajstić information content (AvgIpc) is 2.83. The molecular formula is C12H18N2S2. The van der Waals surface area contributed by atoms with Gasteiger partial charge in [0.05, 0.1) is 10.7 Å². The van der Waals surface area contributed by atoms with Crippen molar-refractivity contribution in [3.63, 3.8) is 0 Å². The zero-order chi connectivity index (χ0) is 10.8. The molecule has 0 amide bonds. The van der Waals surface area contributed by atoms with Crippen LogP contribution < -0.4 is 5.32 Å². The highest BCUT2D eigenvalue weighted by molar-refractivity contribution is 7.99. The van der Waals surface area contributed by atoms with Crippen LogP contribution in [0.1, 0.15) is 35.9 Å². The first-order valence-electron chi connectivity index (χ1n) is 6.17. The van der Waals surface area contributed by atoms with Gasteiger partial charge in [0.2, 0.25) is 0 Å². The Morgan fingerprint density at radius 1 is 1.38 bits per heavy atom. The predicted octanol–water partition coefficient (Wildman–Crippen LogP) is 2.66. The molecule has 16 heavy (non-hydrogen) atoms. The Labute approximate surface area is 105 Å². The Kier molecular flexibility index (Phi) is 3.50. The van der Waals surface area contributed by atoms with Gasteiger partial charge in [-0.25, -0.2) is 4.98 Å². The van der Waals surface area contributed by atoms with E-state index in [0.29, 0.717) is 0 Å². The zero-order valence-corrected chi connectivity index (χ0v) is 11.1. The summed E-state index contributed by atoms with van der Waals surface area (Å²) in [4.78, 5) is 4.71. The fourth-order valence-corrected chi connectivity index (χ4v) is 4.15. The topological polar surface area (TPSA) is 24.9 Å². The number of thioether (sulfide) groups is 1. The number of aromatic nitrogens is 1. The Balaban J connectivity index is 1.42. The minimum Gasteiger partial charge on any atom is -0.313 e. The number of thiazole rings is 1. The summed E-state index contributed by atoms with van der Waals surface area (Å²) in [6.45, 7) is 1.10. The Morgan fingerprint density at radius 3 is 3.06 bits per heavy atom. The van der Waals surface area contributed by atoms with Crippen molar-refractivity contribution >= 4 is 23.1 Å². The second-order valence-electron chi connectivity index (χ2n) is 4.71. The van der Waals surface area contributed by atoms with Crippen molar-refractivity contribution < 1.29 is 0 Å².